The minimum Gasteiger partial charge on any atom is -0.493 e. The number of methoxy groups -OCH3 is 2. The molecule has 1 N–H and O–H groups in total. The fourth-order valence-electron chi connectivity index (χ4n) is 5.72. The van der Waals surface area contributed by atoms with Gasteiger partial charge in [-0.3, -0.25) is 4.79 Å². The molecule has 5 rings (SSSR count). The zero-order valence-corrected chi connectivity index (χ0v) is 15.8. The van der Waals surface area contributed by atoms with Crippen molar-refractivity contribution < 1.29 is 19.0 Å². The smallest absolute Gasteiger partial charge is 0.251 e. The summed E-state index contributed by atoms with van der Waals surface area (Å²) >= 11 is 0. The molecule has 1 aromatic rings. The van der Waals surface area contributed by atoms with E-state index in [1.165, 1.54) is 38.5 Å². The van der Waals surface area contributed by atoms with E-state index in [4.69, 9.17) is 14.2 Å². The molecule has 0 unspecified atom stereocenters. The first kappa shape index (κ1) is 17.7. The Labute approximate surface area is 155 Å². The van der Waals surface area contributed by atoms with Crippen molar-refractivity contribution in [2.45, 2.75) is 44.1 Å². The number of carbonyl (C=O) groups excluding carboxylic acids is 1. The number of nitrogens with one attached hydrogen (secondary N) is 1. The van der Waals surface area contributed by atoms with Crippen LogP contribution in [0.4, 0.5) is 0 Å². The first-order valence-electron chi connectivity index (χ1n) is 9.75. The Morgan fingerprint density at radius 3 is 2.23 bits per heavy atom. The van der Waals surface area contributed by atoms with Gasteiger partial charge in [0.1, 0.15) is 0 Å². The molecule has 0 aromatic heterocycles. The van der Waals surface area contributed by atoms with E-state index in [1.807, 2.05) is 0 Å². The van der Waals surface area contributed by atoms with Crippen LogP contribution in [0, 0.1) is 17.8 Å². The maximum atomic E-state index is 12.4. The van der Waals surface area contributed by atoms with Gasteiger partial charge in [-0.1, -0.05) is 0 Å². The topological polar surface area (TPSA) is 56.8 Å². The van der Waals surface area contributed by atoms with E-state index in [9.17, 15) is 4.79 Å². The molecule has 1 amide bonds. The monoisotopic (exact) mass is 359 g/mol. The summed E-state index contributed by atoms with van der Waals surface area (Å²) in [5.41, 5.74) is 0.667. The minimum absolute atomic E-state index is 0.100. The lowest BCUT2D eigenvalue weighted by Crippen LogP contribution is -2.52. The number of carbonyl (C=O) groups is 1. The Balaban J connectivity index is 1.28. The van der Waals surface area contributed by atoms with Crippen LogP contribution in [0.25, 0.3) is 0 Å². The number of ether oxygens (including phenoxy) is 3. The second kappa shape index (κ2) is 7.10. The summed E-state index contributed by atoms with van der Waals surface area (Å²) in [6.07, 6.45) is 7.92. The van der Waals surface area contributed by atoms with Crippen molar-refractivity contribution in [2.75, 3.05) is 27.4 Å². The van der Waals surface area contributed by atoms with Gasteiger partial charge in [0.15, 0.2) is 11.5 Å². The van der Waals surface area contributed by atoms with Crippen molar-refractivity contribution in [1.82, 2.24) is 5.32 Å². The standard InChI is InChI=1S/C21H29NO4/c1-24-18-4-3-17(10-19(18)25-2)20(23)22-5-6-26-21-11-14-7-15(12-21)9-16(8-14)13-21/h3-4,10,14-16H,5-9,11-13H2,1-2H3,(H,22,23). The molecule has 0 heterocycles. The fourth-order valence-corrected chi connectivity index (χ4v) is 5.72. The summed E-state index contributed by atoms with van der Waals surface area (Å²) in [4.78, 5) is 12.4. The predicted octanol–water partition coefficient (Wildman–Crippen LogP) is 3.42. The maximum absolute atomic E-state index is 12.4. The molecule has 4 fully saturated rings. The fraction of sp³-hybridized carbons (Fsp3) is 0.667. The molecule has 142 valence electrons. The van der Waals surface area contributed by atoms with E-state index in [-0.39, 0.29) is 11.5 Å². The predicted molar refractivity (Wildman–Crippen MR) is 98.7 cm³/mol. The molecule has 5 heteroatoms. The zero-order chi connectivity index (χ0) is 18.1. The van der Waals surface area contributed by atoms with Gasteiger partial charge in [0.2, 0.25) is 0 Å². The molecule has 0 saturated heterocycles. The Bertz CT molecular complexity index is 637. The number of hydrogen-bond acceptors (Lipinski definition) is 4. The zero-order valence-electron chi connectivity index (χ0n) is 15.8. The Morgan fingerprint density at radius 1 is 1.04 bits per heavy atom. The van der Waals surface area contributed by atoms with Gasteiger partial charge in [-0.15, -0.1) is 0 Å². The van der Waals surface area contributed by atoms with Gasteiger partial charge in [-0.2, -0.15) is 0 Å². The Kier molecular flexibility index (Phi) is 4.82. The number of rotatable bonds is 7. The van der Waals surface area contributed by atoms with E-state index in [0.29, 0.717) is 30.2 Å². The van der Waals surface area contributed by atoms with Crippen LogP contribution >= 0.6 is 0 Å². The van der Waals surface area contributed by atoms with Crippen LogP contribution in [0.1, 0.15) is 48.9 Å². The largest absolute Gasteiger partial charge is 0.493 e. The van der Waals surface area contributed by atoms with Crippen molar-refractivity contribution in [2.24, 2.45) is 17.8 Å². The lowest BCUT2D eigenvalue weighted by Gasteiger charge is -2.56. The van der Waals surface area contributed by atoms with Crippen LogP contribution in [0.5, 0.6) is 11.5 Å². The molecule has 4 bridgehead atoms. The normalized spacial score (nSPS) is 31.7. The SMILES string of the molecule is COc1ccc(C(=O)NCCOC23CC4CC(CC(C4)C2)C3)cc1OC. The molecule has 1 aromatic carbocycles. The summed E-state index contributed by atoms with van der Waals surface area (Å²) in [7, 11) is 3.15. The maximum Gasteiger partial charge on any atom is 0.251 e. The minimum atomic E-state index is -0.111. The summed E-state index contributed by atoms with van der Waals surface area (Å²) in [5, 5.41) is 2.96. The second-order valence-electron chi connectivity index (χ2n) is 8.27. The van der Waals surface area contributed by atoms with Crippen molar-refractivity contribution in [3.63, 3.8) is 0 Å². The van der Waals surface area contributed by atoms with Gasteiger partial charge in [0.05, 0.1) is 26.4 Å². The molecule has 0 radical (unpaired) electrons. The number of amides is 1. The summed E-state index contributed by atoms with van der Waals surface area (Å²) in [6, 6.07) is 5.20. The highest BCUT2D eigenvalue weighted by molar-refractivity contribution is 5.94. The van der Waals surface area contributed by atoms with E-state index in [0.717, 1.165) is 17.8 Å². The van der Waals surface area contributed by atoms with E-state index in [2.05, 4.69) is 5.32 Å². The number of benzene rings is 1. The molecule has 0 atom stereocenters. The third-order valence-corrected chi connectivity index (χ3v) is 6.42. The molecular weight excluding hydrogens is 330 g/mol. The van der Waals surface area contributed by atoms with Gasteiger partial charge in [-0.05, 0) is 74.5 Å². The van der Waals surface area contributed by atoms with E-state index < -0.39 is 0 Å². The van der Waals surface area contributed by atoms with Crippen molar-refractivity contribution >= 4 is 5.91 Å². The summed E-state index contributed by atoms with van der Waals surface area (Å²) in [5.74, 6) is 3.70. The van der Waals surface area contributed by atoms with Crippen molar-refractivity contribution in [3.05, 3.63) is 23.8 Å². The molecule has 5 nitrogen and oxygen atoms in total. The molecule has 0 spiro atoms. The van der Waals surface area contributed by atoms with Gasteiger partial charge >= 0.3 is 0 Å². The highest BCUT2D eigenvalue weighted by Crippen LogP contribution is 2.57. The third kappa shape index (κ3) is 3.41. The van der Waals surface area contributed by atoms with Gasteiger partial charge in [0, 0.05) is 12.1 Å². The van der Waals surface area contributed by atoms with Gasteiger partial charge < -0.3 is 19.5 Å². The van der Waals surface area contributed by atoms with E-state index >= 15 is 0 Å². The highest BCUT2D eigenvalue weighted by atomic mass is 16.5. The lowest BCUT2D eigenvalue weighted by atomic mass is 9.54. The summed E-state index contributed by atoms with van der Waals surface area (Å²) in [6.45, 7) is 1.13. The second-order valence-corrected chi connectivity index (χ2v) is 8.27. The average Bonchev–Trinajstić information content (AvgIpc) is 2.63. The quantitative estimate of drug-likeness (QED) is 0.758. The number of hydrogen-bond donors (Lipinski definition) is 1. The lowest BCUT2D eigenvalue weighted by molar-refractivity contribution is -0.160. The van der Waals surface area contributed by atoms with Crippen molar-refractivity contribution in [3.8, 4) is 11.5 Å². The van der Waals surface area contributed by atoms with Crippen LogP contribution in [0.3, 0.4) is 0 Å². The molecule has 4 aliphatic rings. The third-order valence-electron chi connectivity index (χ3n) is 6.42. The molecule has 26 heavy (non-hydrogen) atoms. The molecular formula is C21H29NO4. The van der Waals surface area contributed by atoms with Crippen LogP contribution in [0.15, 0.2) is 18.2 Å². The Hall–Kier alpha value is -1.75. The first-order valence-corrected chi connectivity index (χ1v) is 9.75. The molecule has 0 aliphatic heterocycles. The van der Waals surface area contributed by atoms with Gasteiger partial charge in [0.25, 0.3) is 5.91 Å². The first-order chi connectivity index (χ1) is 12.6. The van der Waals surface area contributed by atoms with Crippen LogP contribution in [0.2, 0.25) is 0 Å². The summed E-state index contributed by atoms with van der Waals surface area (Å²) < 4.78 is 16.8. The van der Waals surface area contributed by atoms with Crippen LogP contribution in [-0.4, -0.2) is 38.9 Å². The highest BCUT2D eigenvalue weighted by Gasteiger charge is 2.51. The Morgan fingerprint density at radius 2 is 1.65 bits per heavy atom. The van der Waals surface area contributed by atoms with Crippen LogP contribution in [-0.2, 0) is 4.74 Å². The van der Waals surface area contributed by atoms with E-state index in [1.54, 1.807) is 32.4 Å². The average molecular weight is 359 g/mol. The molecule has 4 saturated carbocycles. The van der Waals surface area contributed by atoms with Crippen LogP contribution < -0.4 is 14.8 Å². The van der Waals surface area contributed by atoms with Gasteiger partial charge in [-0.25, -0.2) is 0 Å². The van der Waals surface area contributed by atoms with Crippen molar-refractivity contribution in [1.29, 1.82) is 0 Å². The molecule has 4 aliphatic carbocycles.